The van der Waals surface area contributed by atoms with E-state index in [0.29, 0.717) is 23.2 Å². The van der Waals surface area contributed by atoms with Crippen molar-refractivity contribution >= 4 is 23.4 Å². The standard InChI is InChI=1S/C28H24F4N4O3/c29-20-11-12-34(15-20)24(38)16-35-26(18-9-7-17(14-33)8-10-18)25-22(5-2-6-23(25)37)36(27(35)39)21-4-1-3-19(13-21)28(30,31)32/h1,3-4,7-10,13,20,26H,2,5-6,11-12,15-16H2. The van der Waals surface area contributed by atoms with Crippen molar-refractivity contribution in [3.8, 4) is 6.07 Å². The highest BCUT2D eigenvalue weighted by Crippen LogP contribution is 2.44. The smallest absolute Gasteiger partial charge is 0.338 e. The summed E-state index contributed by atoms with van der Waals surface area (Å²) in [4.78, 5) is 44.2. The number of nitriles is 1. The van der Waals surface area contributed by atoms with Crippen LogP contribution in [0, 0.1) is 11.3 Å². The van der Waals surface area contributed by atoms with Crippen LogP contribution in [0.2, 0.25) is 0 Å². The molecule has 2 atom stereocenters. The molecular formula is C28H24F4N4O3. The maximum absolute atomic E-state index is 14.1. The third-order valence-electron chi connectivity index (χ3n) is 7.30. The van der Waals surface area contributed by atoms with Crippen molar-refractivity contribution in [2.75, 3.05) is 24.5 Å². The van der Waals surface area contributed by atoms with Gasteiger partial charge in [-0.3, -0.25) is 14.5 Å². The molecule has 3 amide bonds. The fraction of sp³-hybridized carbons (Fsp3) is 0.357. The predicted molar refractivity (Wildman–Crippen MR) is 132 cm³/mol. The summed E-state index contributed by atoms with van der Waals surface area (Å²) in [5.41, 5.74) is 0.313. The SMILES string of the molecule is N#Cc1ccc(C2C3=C(CCCC3=O)N(c3cccc(C(F)(F)F)c3)C(=O)N2CC(=O)N2CCC(F)C2)cc1. The Morgan fingerprint density at radius 2 is 1.82 bits per heavy atom. The van der Waals surface area contributed by atoms with Crippen LogP contribution in [0.5, 0.6) is 0 Å². The van der Waals surface area contributed by atoms with Gasteiger partial charge in [-0.05, 0) is 55.2 Å². The number of urea groups is 1. The predicted octanol–water partition coefficient (Wildman–Crippen LogP) is 5.14. The van der Waals surface area contributed by atoms with Crippen LogP contribution in [0.25, 0.3) is 0 Å². The van der Waals surface area contributed by atoms with Crippen LogP contribution in [0.15, 0.2) is 59.8 Å². The van der Waals surface area contributed by atoms with E-state index in [4.69, 9.17) is 0 Å². The van der Waals surface area contributed by atoms with Crippen LogP contribution in [-0.4, -0.2) is 53.3 Å². The first-order chi connectivity index (χ1) is 18.6. The van der Waals surface area contributed by atoms with E-state index in [9.17, 15) is 37.2 Å². The molecule has 11 heteroatoms. The lowest BCUT2D eigenvalue weighted by Crippen LogP contribution is -2.54. The monoisotopic (exact) mass is 540 g/mol. The Morgan fingerprint density at radius 1 is 1.08 bits per heavy atom. The van der Waals surface area contributed by atoms with Crippen molar-refractivity contribution in [1.29, 1.82) is 5.26 Å². The lowest BCUT2D eigenvalue weighted by Gasteiger charge is -2.45. The molecule has 0 N–H and O–H groups in total. The van der Waals surface area contributed by atoms with Gasteiger partial charge in [0.2, 0.25) is 5.91 Å². The van der Waals surface area contributed by atoms with Gasteiger partial charge >= 0.3 is 12.2 Å². The second-order valence-electron chi connectivity index (χ2n) is 9.79. The molecule has 0 radical (unpaired) electrons. The number of alkyl halides is 4. The number of amides is 3. The van der Waals surface area contributed by atoms with E-state index in [0.717, 1.165) is 21.9 Å². The number of hydrogen-bond donors (Lipinski definition) is 0. The van der Waals surface area contributed by atoms with Crippen molar-refractivity contribution in [2.24, 2.45) is 0 Å². The molecule has 0 spiro atoms. The molecule has 0 bridgehead atoms. The molecule has 39 heavy (non-hydrogen) atoms. The van der Waals surface area contributed by atoms with Gasteiger partial charge in [-0.1, -0.05) is 18.2 Å². The first-order valence-corrected chi connectivity index (χ1v) is 12.5. The summed E-state index contributed by atoms with van der Waals surface area (Å²) >= 11 is 0. The van der Waals surface area contributed by atoms with Crippen LogP contribution in [0.4, 0.5) is 28.0 Å². The van der Waals surface area contributed by atoms with Gasteiger partial charge in [0.25, 0.3) is 0 Å². The van der Waals surface area contributed by atoms with E-state index in [1.165, 1.54) is 29.2 Å². The van der Waals surface area contributed by atoms with Crippen molar-refractivity contribution < 1.29 is 31.9 Å². The Labute approximate surface area is 221 Å². The zero-order chi connectivity index (χ0) is 27.9. The largest absolute Gasteiger partial charge is 0.416 e. The lowest BCUT2D eigenvalue weighted by atomic mass is 9.83. The van der Waals surface area contributed by atoms with Gasteiger partial charge in [0.05, 0.1) is 35.5 Å². The van der Waals surface area contributed by atoms with E-state index in [-0.39, 0.29) is 49.4 Å². The van der Waals surface area contributed by atoms with Gasteiger partial charge in [-0.25, -0.2) is 9.18 Å². The Hall–Kier alpha value is -4.20. The molecular weight excluding hydrogens is 516 g/mol. The number of allylic oxidation sites excluding steroid dienone is 1. The van der Waals surface area contributed by atoms with E-state index in [1.807, 2.05) is 6.07 Å². The number of ketones is 1. The Kier molecular flexibility index (Phi) is 6.89. The zero-order valence-electron chi connectivity index (χ0n) is 20.7. The maximum Gasteiger partial charge on any atom is 0.416 e. The van der Waals surface area contributed by atoms with Crippen LogP contribution >= 0.6 is 0 Å². The van der Waals surface area contributed by atoms with Gasteiger partial charge in [0.1, 0.15) is 12.7 Å². The van der Waals surface area contributed by atoms with Gasteiger partial charge in [0, 0.05) is 24.2 Å². The Bertz CT molecular complexity index is 1400. The molecule has 2 aromatic carbocycles. The number of likely N-dealkylation sites (tertiary alicyclic amines) is 1. The van der Waals surface area contributed by atoms with Crippen LogP contribution in [0.1, 0.15) is 48.4 Å². The molecule has 2 heterocycles. The molecule has 0 saturated carbocycles. The van der Waals surface area contributed by atoms with E-state index in [2.05, 4.69) is 0 Å². The summed E-state index contributed by atoms with van der Waals surface area (Å²) in [6, 6.07) is 10.8. The summed E-state index contributed by atoms with van der Waals surface area (Å²) in [6.07, 6.45) is -4.82. The van der Waals surface area contributed by atoms with Gasteiger partial charge < -0.3 is 9.80 Å². The Balaban J connectivity index is 1.66. The summed E-state index contributed by atoms with van der Waals surface area (Å²) in [6.45, 7) is -0.448. The molecule has 5 rings (SSSR count). The lowest BCUT2D eigenvalue weighted by molar-refractivity contribution is -0.137. The summed E-state index contributed by atoms with van der Waals surface area (Å²) in [5, 5.41) is 9.22. The minimum atomic E-state index is -4.66. The van der Waals surface area contributed by atoms with Crippen molar-refractivity contribution in [1.82, 2.24) is 9.80 Å². The minimum absolute atomic E-state index is 0.0715. The van der Waals surface area contributed by atoms with Gasteiger partial charge in [0.15, 0.2) is 5.78 Å². The van der Waals surface area contributed by atoms with Gasteiger partial charge in [-0.15, -0.1) is 0 Å². The second kappa shape index (κ2) is 10.2. The fourth-order valence-electron chi connectivity index (χ4n) is 5.42. The number of nitrogens with zero attached hydrogens (tertiary/aromatic N) is 4. The minimum Gasteiger partial charge on any atom is -0.338 e. The molecule has 2 aliphatic heterocycles. The molecule has 1 saturated heterocycles. The maximum atomic E-state index is 14.1. The molecule has 2 aromatic rings. The second-order valence-corrected chi connectivity index (χ2v) is 9.79. The number of rotatable bonds is 4. The first kappa shape index (κ1) is 26.4. The van der Waals surface area contributed by atoms with Crippen LogP contribution in [-0.2, 0) is 15.8 Å². The molecule has 2 unspecified atom stereocenters. The molecule has 1 fully saturated rings. The van der Waals surface area contributed by atoms with Crippen LogP contribution in [0.3, 0.4) is 0 Å². The van der Waals surface area contributed by atoms with Crippen molar-refractivity contribution in [3.63, 3.8) is 0 Å². The number of benzene rings is 2. The third kappa shape index (κ3) is 4.99. The number of halogens is 4. The quantitative estimate of drug-likeness (QED) is 0.503. The molecule has 202 valence electrons. The van der Waals surface area contributed by atoms with Gasteiger partial charge in [-0.2, -0.15) is 18.4 Å². The third-order valence-corrected chi connectivity index (χ3v) is 7.30. The average molecular weight is 541 g/mol. The topological polar surface area (TPSA) is 84.7 Å². The van der Waals surface area contributed by atoms with E-state index >= 15 is 0 Å². The summed E-state index contributed by atoms with van der Waals surface area (Å²) in [5.74, 6) is -0.809. The van der Waals surface area contributed by atoms with E-state index < -0.39 is 42.4 Å². The highest BCUT2D eigenvalue weighted by atomic mass is 19.4. The molecule has 1 aliphatic carbocycles. The normalized spacial score (nSPS) is 21.8. The highest BCUT2D eigenvalue weighted by Gasteiger charge is 2.46. The van der Waals surface area contributed by atoms with E-state index in [1.54, 1.807) is 12.1 Å². The number of Topliss-reactive ketones (excluding diaryl/α,β-unsaturated/α-hetero) is 1. The molecule has 0 aromatic heterocycles. The van der Waals surface area contributed by atoms with Crippen molar-refractivity contribution in [2.45, 2.75) is 44.1 Å². The Morgan fingerprint density at radius 3 is 2.46 bits per heavy atom. The van der Waals surface area contributed by atoms with Crippen molar-refractivity contribution in [3.05, 3.63) is 76.5 Å². The number of carbonyl (C=O) groups is 3. The highest BCUT2D eigenvalue weighted by molar-refractivity contribution is 6.07. The zero-order valence-corrected chi connectivity index (χ0v) is 20.7. The summed E-state index contributed by atoms with van der Waals surface area (Å²) in [7, 11) is 0. The molecule has 3 aliphatic rings. The molecule has 7 nitrogen and oxygen atoms in total. The fourth-order valence-corrected chi connectivity index (χ4v) is 5.42. The average Bonchev–Trinajstić information content (AvgIpc) is 3.35. The first-order valence-electron chi connectivity index (χ1n) is 12.5. The number of anilines is 1. The number of hydrogen-bond acceptors (Lipinski definition) is 4. The summed E-state index contributed by atoms with van der Waals surface area (Å²) < 4.78 is 54.5. The number of carbonyl (C=O) groups excluding carboxylic acids is 3. The van der Waals surface area contributed by atoms with Crippen LogP contribution < -0.4 is 4.90 Å².